The molecule has 2 heterocycles. The van der Waals surface area contributed by atoms with Crippen molar-refractivity contribution in [2.75, 3.05) is 23.9 Å². The van der Waals surface area contributed by atoms with E-state index in [0.29, 0.717) is 6.04 Å². The Labute approximate surface area is 111 Å². The molecule has 1 saturated heterocycles. The fourth-order valence-electron chi connectivity index (χ4n) is 2.31. The molecule has 1 atom stereocenters. The Balaban J connectivity index is 2.01. The first-order valence-corrected chi connectivity index (χ1v) is 7.30. The third-order valence-corrected chi connectivity index (χ3v) is 4.42. The first-order chi connectivity index (χ1) is 8.88. The number of anilines is 1. The van der Waals surface area contributed by atoms with Crippen LogP contribution in [0.5, 0.6) is 5.75 Å². The number of ether oxygens (including phenoxy) is 1. The second kappa shape index (κ2) is 5.06. The van der Waals surface area contributed by atoms with E-state index in [2.05, 4.69) is 16.4 Å². The highest BCUT2D eigenvalue weighted by Crippen LogP contribution is 2.30. The molecule has 3 nitrogen and oxygen atoms in total. The van der Waals surface area contributed by atoms with Crippen LogP contribution >= 0.6 is 11.8 Å². The zero-order valence-corrected chi connectivity index (χ0v) is 11.2. The Hall–Kier alpha value is -1.42. The van der Waals surface area contributed by atoms with E-state index in [9.17, 15) is 0 Å². The van der Waals surface area contributed by atoms with Gasteiger partial charge in [-0.3, -0.25) is 0 Å². The molecule has 94 valence electrons. The van der Waals surface area contributed by atoms with Crippen molar-refractivity contribution in [2.45, 2.75) is 12.5 Å². The summed E-state index contributed by atoms with van der Waals surface area (Å²) in [6.45, 7) is 0. The zero-order valence-electron chi connectivity index (χ0n) is 10.3. The normalized spacial score (nSPS) is 19.1. The molecule has 18 heavy (non-hydrogen) atoms. The van der Waals surface area contributed by atoms with Crippen molar-refractivity contribution in [3.05, 3.63) is 30.5 Å². The lowest BCUT2D eigenvalue weighted by Crippen LogP contribution is -2.19. The van der Waals surface area contributed by atoms with Gasteiger partial charge >= 0.3 is 0 Å². The second-order valence-corrected chi connectivity index (χ2v) is 5.57. The number of hydrogen-bond acceptors (Lipinski definition) is 4. The number of aromatic nitrogens is 1. The molecule has 1 fully saturated rings. The molecule has 1 aromatic carbocycles. The number of nitrogens with one attached hydrogen (secondary N) is 1. The first-order valence-electron chi connectivity index (χ1n) is 6.14. The van der Waals surface area contributed by atoms with Crippen molar-refractivity contribution >= 4 is 28.4 Å². The third-order valence-electron chi connectivity index (χ3n) is 3.26. The highest BCUT2D eigenvalue weighted by molar-refractivity contribution is 7.99. The predicted octanol–water partition coefficient (Wildman–Crippen LogP) is 3.16. The highest BCUT2D eigenvalue weighted by atomic mass is 32.2. The number of nitrogens with zero attached hydrogens (tertiary/aromatic N) is 1. The van der Waals surface area contributed by atoms with Crippen molar-refractivity contribution in [2.24, 2.45) is 0 Å². The summed E-state index contributed by atoms with van der Waals surface area (Å²) < 4.78 is 5.39. The Morgan fingerprint density at radius 1 is 1.33 bits per heavy atom. The van der Waals surface area contributed by atoms with Gasteiger partial charge in [0.1, 0.15) is 11.6 Å². The van der Waals surface area contributed by atoms with E-state index in [-0.39, 0.29) is 0 Å². The number of methoxy groups -OCH3 is 1. The van der Waals surface area contributed by atoms with E-state index in [0.717, 1.165) is 22.3 Å². The van der Waals surface area contributed by atoms with E-state index in [1.165, 1.54) is 17.9 Å². The summed E-state index contributed by atoms with van der Waals surface area (Å²) in [5.41, 5.74) is 0. The fraction of sp³-hybridized carbons (Fsp3) is 0.357. The van der Waals surface area contributed by atoms with E-state index < -0.39 is 0 Å². The third kappa shape index (κ3) is 2.12. The molecule has 0 spiro atoms. The lowest BCUT2D eigenvalue weighted by atomic mass is 10.1. The number of benzene rings is 1. The number of rotatable bonds is 3. The molecule has 1 unspecified atom stereocenters. The monoisotopic (exact) mass is 260 g/mol. The summed E-state index contributed by atoms with van der Waals surface area (Å²) in [6, 6.07) is 8.63. The molecule has 2 aromatic rings. The van der Waals surface area contributed by atoms with Crippen molar-refractivity contribution in [3.63, 3.8) is 0 Å². The standard InChI is InChI=1S/C14H16N2OS/c1-17-13-4-2-3-12-11(13)5-7-15-14(12)16-10-6-8-18-9-10/h2-5,7,10H,6,8-9H2,1H3,(H,15,16). The maximum atomic E-state index is 5.39. The van der Waals surface area contributed by atoms with Gasteiger partial charge in [0.2, 0.25) is 0 Å². The van der Waals surface area contributed by atoms with Crippen molar-refractivity contribution in [1.29, 1.82) is 0 Å². The molecule has 1 N–H and O–H groups in total. The quantitative estimate of drug-likeness (QED) is 0.919. The van der Waals surface area contributed by atoms with Gasteiger partial charge in [-0.2, -0.15) is 11.8 Å². The Morgan fingerprint density at radius 3 is 3.06 bits per heavy atom. The summed E-state index contributed by atoms with van der Waals surface area (Å²) in [5, 5.41) is 5.79. The number of pyridine rings is 1. The van der Waals surface area contributed by atoms with Gasteiger partial charge < -0.3 is 10.1 Å². The molecular formula is C14H16N2OS. The van der Waals surface area contributed by atoms with Crippen LogP contribution in [0.3, 0.4) is 0 Å². The fourth-order valence-corrected chi connectivity index (χ4v) is 3.47. The topological polar surface area (TPSA) is 34.1 Å². The van der Waals surface area contributed by atoms with Crippen LogP contribution in [0.25, 0.3) is 10.8 Å². The summed E-state index contributed by atoms with van der Waals surface area (Å²) in [4.78, 5) is 4.47. The minimum atomic E-state index is 0.541. The number of hydrogen-bond donors (Lipinski definition) is 1. The van der Waals surface area contributed by atoms with Crippen LogP contribution in [0.1, 0.15) is 6.42 Å². The largest absolute Gasteiger partial charge is 0.496 e. The van der Waals surface area contributed by atoms with Gasteiger partial charge in [-0.25, -0.2) is 4.98 Å². The van der Waals surface area contributed by atoms with Gasteiger partial charge in [-0.05, 0) is 24.3 Å². The molecule has 0 aliphatic carbocycles. The molecule has 0 amide bonds. The molecule has 1 aliphatic heterocycles. The highest BCUT2D eigenvalue weighted by Gasteiger charge is 2.16. The maximum absolute atomic E-state index is 5.39. The second-order valence-electron chi connectivity index (χ2n) is 4.42. The summed E-state index contributed by atoms with van der Waals surface area (Å²) in [5.74, 6) is 4.28. The van der Waals surface area contributed by atoms with Crippen molar-refractivity contribution < 1.29 is 4.74 Å². The van der Waals surface area contributed by atoms with Gasteiger partial charge in [0.05, 0.1) is 7.11 Å². The van der Waals surface area contributed by atoms with Crippen LogP contribution in [-0.2, 0) is 0 Å². The van der Waals surface area contributed by atoms with Crippen LogP contribution in [0.4, 0.5) is 5.82 Å². The number of thioether (sulfide) groups is 1. The van der Waals surface area contributed by atoms with Crippen LogP contribution in [0.15, 0.2) is 30.5 Å². The van der Waals surface area contributed by atoms with Crippen LogP contribution in [-0.4, -0.2) is 29.6 Å². The minimum Gasteiger partial charge on any atom is -0.496 e. The first kappa shape index (κ1) is 11.7. The van der Waals surface area contributed by atoms with Crippen molar-refractivity contribution in [1.82, 2.24) is 4.98 Å². The van der Waals surface area contributed by atoms with E-state index in [4.69, 9.17) is 4.74 Å². The van der Waals surface area contributed by atoms with Gasteiger partial charge in [-0.15, -0.1) is 0 Å². The molecular weight excluding hydrogens is 244 g/mol. The number of fused-ring (bicyclic) bond motifs is 1. The zero-order chi connectivity index (χ0) is 12.4. The SMILES string of the molecule is COc1cccc2c(NC3CCSC3)nccc12. The summed E-state index contributed by atoms with van der Waals surface area (Å²) in [7, 11) is 1.70. The Kier molecular flexibility index (Phi) is 3.28. The Morgan fingerprint density at radius 2 is 2.28 bits per heavy atom. The predicted molar refractivity (Wildman–Crippen MR) is 77.6 cm³/mol. The van der Waals surface area contributed by atoms with E-state index >= 15 is 0 Å². The van der Waals surface area contributed by atoms with Crippen LogP contribution in [0, 0.1) is 0 Å². The van der Waals surface area contributed by atoms with Gasteiger partial charge in [-0.1, -0.05) is 12.1 Å². The molecule has 0 bridgehead atoms. The average molecular weight is 260 g/mol. The molecule has 0 radical (unpaired) electrons. The van der Waals surface area contributed by atoms with E-state index in [1.807, 2.05) is 36.2 Å². The van der Waals surface area contributed by atoms with Gasteiger partial charge in [0.25, 0.3) is 0 Å². The molecule has 1 aliphatic rings. The average Bonchev–Trinajstić information content (AvgIpc) is 2.91. The maximum Gasteiger partial charge on any atom is 0.134 e. The van der Waals surface area contributed by atoms with Crippen LogP contribution < -0.4 is 10.1 Å². The molecule has 3 rings (SSSR count). The van der Waals surface area contributed by atoms with Crippen molar-refractivity contribution in [3.8, 4) is 5.75 Å². The Bertz CT molecular complexity index is 552. The van der Waals surface area contributed by atoms with Gasteiger partial charge in [0.15, 0.2) is 0 Å². The molecule has 1 aromatic heterocycles. The lowest BCUT2D eigenvalue weighted by molar-refractivity contribution is 0.420. The summed E-state index contributed by atoms with van der Waals surface area (Å²) in [6.07, 6.45) is 3.06. The summed E-state index contributed by atoms with van der Waals surface area (Å²) >= 11 is 2.00. The molecule has 4 heteroatoms. The van der Waals surface area contributed by atoms with Crippen LogP contribution in [0.2, 0.25) is 0 Å². The smallest absolute Gasteiger partial charge is 0.134 e. The lowest BCUT2D eigenvalue weighted by Gasteiger charge is -2.14. The van der Waals surface area contributed by atoms with Gasteiger partial charge in [0, 0.05) is 28.8 Å². The minimum absolute atomic E-state index is 0.541. The van der Waals surface area contributed by atoms with E-state index in [1.54, 1.807) is 7.11 Å². The molecule has 0 saturated carbocycles.